The van der Waals surface area contributed by atoms with E-state index in [1.54, 1.807) is 13.1 Å². The molecule has 0 radical (unpaired) electrons. The van der Waals surface area contributed by atoms with E-state index in [2.05, 4.69) is 102 Å². The molecular formula is C47H69N3O3. The van der Waals surface area contributed by atoms with Crippen LogP contribution in [-0.4, -0.2) is 37.4 Å². The Morgan fingerprint density at radius 3 is 1.60 bits per heavy atom. The summed E-state index contributed by atoms with van der Waals surface area (Å²) in [4.78, 5) is 37.8. The van der Waals surface area contributed by atoms with Crippen LogP contribution in [0.25, 0.3) is 0 Å². The molecule has 2 rings (SSSR count). The first-order valence-electron chi connectivity index (χ1n) is 19.6. The van der Waals surface area contributed by atoms with Gasteiger partial charge in [-0.25, -0.2) is 0 Å². The van der Waals surface area contributed by atoms with Gasteiger partial charge >= 0.3 is 0 Å². The molecule has 0 spiro atoms. The molecule has 0 heterocycles. The van der Waals surface area contributed by atoms with Gasteiger partial charge in [0.05, 0.1) is 0 Å². The predicted molar refractivity (Wildman–Crippen MR) is 225 cm³/mol. The van der Waals surface area contributed by atoms with Crippen molar-refractivity contribution in [2.45, 2.75) is 133 Å². The Labute approximate surface area is 322 Å². The Kier molecular flexibility index (Phi) is 18.8. The Balaban J connectivity index is 1.81. The largest absolute Gasteiger partial charge is 0.357 e. The van der Waals surface area contributed by atoms with Gasteiger partial charge in [0.1, 0.15) is 6.04 Å². The second-order valence-electron chi connectivity index (χ2n) is 16.3. The van der Waals surface area contributed by atoms with Crippen LogP contribution in [-0.2, 0) is 14.4 Å². The van der Waals surface area contributed by atoms with Gasteiger partial charge in [0.2, 0.25) is 17.7 Å². The van der Waals surface area contributed by atoms with Gasteiger partial charge in [-0.3, -0.25) is 14.4 Å². The first-order valence-corrected chi connectivity index (χ1v) is 19.6. The topological polar surface area (TPSA) is 87.3 Å². The quantitative estimate of drug-likeness (QED) is 0.0793. The molecule has 53 heavy (non-hydrogen) atoms. The SMILES string of the molecule is CNC(=O)[C@H](CCCCNC(=O)/C=C(C)/C=C/C=C(C)/C=C/C1=C(C)CCCC1(C)C)NC(=O)/C=C(C)/C=C/C=C(C)/C=C/C1=C(C)CCCC1(C)C. The van der Waals surface area contributed by atoms with Crippen LogP contribution in [0.1, 0.15) is 127 Å². The molecule has 0 aromatic rings. The molecule has 0 saturated heterocycles. The minimum absolute atomic E-state index is 0.152. The van der Waals surface area contributed by atoms with E-state index in [1.165, 1.54) is 66.9 Å². The summed E-state index contributed by atoms with van der Waals surface area (Å²) in [6.07, 6.45) is 32.9. The molecule has 0 aromatic carbocycles. The number of hydrogen-bond donors (Lipinski definition) is 3. The van der Waals surface area contributed by atoms with Crippen molar-refractivity contribution in [3.63, 3.8) is 0 Å². The number of likely N-dealkylation sites (N-methyl/N-ethyl adjacent to an activating group) is 1. The maximum atomic E-state index is 12.8. The average Bonchev–Trinajstić information content (AvgIpc) is 3.06. The molecule has 6 heteroatoms. The minimum Gasteiger partial charge on any atom is -0.357 e. The van der Waals surface area contributed by atoms with Gasteiger partial charge in [0.25, 0.3) is 0 Å². The molecule has 0 saturated carbocycles. The van der Waals surface area contributed by atoms with E-state index in [9.17, 15) is 14.4 Å². The molecule has 3 amide bonds. The molecule has 3 N–H and O–H groups in total. The van der Waals surface area contributed by atoms with E-state index >= 15 is 0 Å². The number of hydrogen-bond acceptors (Lipinski definition) is 3. The number of carbonyl (C=O) groups excluding carboxylic acids is 3. The molecule has 6 nitrogen and oxygen atoms in total. The normalized spacial score (nSPS) is 19.5. The highest BCUT2D eigenvalue weighted by Crippen LogP contribution is 2.41. The van der Waals surface area contributed by atoms with Crippen molar-refractivity contribution in [3.8, 4) is 0 Å². The van der Waals surface area contributed by atoms with E-state index in [-0.39, 0.29) is 28.6 Å². The second kappa shape index (κ2) is 22.1. The third kappa shape index (κ3) is 16.6. The van der Waals surface area contributed by atoms with Crippen molar-refractivity contribution in [1.29, 1.82) is 0 Å². The number of amides is 3. The molecule has 2 aliphatic carbocycles. The zero-order valence-corrected chi connectivity index (χ0v) is 34.8. The number of rotatable bonds is 17. The predicted octanol–water partition coefficient (Wildman–Crippen LogP) is 10.6. The van der Waals surface area contributed by atoms with Crippen molar-refractivity contribution in [2.24, 2.45) is 10.8 Å². The van der Waals surface area contributed by atoms with Crippen molar-refractivity contribution >= 4 is 17.7 Å². The summed E-state index contributed by atoms with van der Waals surface area (Å²) in [6.45, 7) is 22.2. The molecule has 0 unspecified atom stereocenters. The van der Waals surface area contributed by atoms with Crippen molar-refractivity contribution in [3.05, 3.63) is 117 Å². The maximum absolute atomic E-state index is 12.8. The van der Waals surface area contributed by atoms with E-state index in [4.69, 9.17) is 0 Å². The van der Waals surface area contributed by atoms with E-state index < -0.39 is 6.04 Å². The average molecular weight is 724 g/mol. The molecule has 1 atom stereocenters. The highest BCUT2D eigenvalue weighted by Gasteiger charge is 2.27. The number of nitrogens with one attached hydrogen (secondary N) is 3. The third-order valence-electron chi connectivity index (χ3n) is 10.4. The smallest absolute Gasteiger partial charge is 0.244 e. The number of allylic oxidation sites excluding steroid dienone is 18. The van der Waals surface area contributed by atoms with Crippen LogP contribution in [0.5, 0.6) is 0 Å². The van der Waals surface area contributed by atoms with Crippen LogP contribution < -0.4 is 16.0 Å². The molecule has 290 valence electrons. The van der Waals surface area contributed by atoms with Crippen LogP contribution in [0.4, 0.5) is 0 Å². The number of unbranched alkanes of at least 4 members (excludes halogenated alkanes) is 1. The molecule has 0 bridgehead atoms. The molecule has 0 fully saturated rings. The van der Waals surface area contributed by atoms with Crippen molar-refractivity contribution in [2.75, 3.05) is 13.6 Å². The van der Waals surface area contributed by atoms with Gasteiger partial charge in [-0.2, -0.15) is 0 Å². The minimum atomic E-state index is -0.654. The standard InChI is InChI=1S/C47H69N3O3/c1-34(25-27-40-38(5)22-16-29-46(40,7)8)18-14-20-36(3)32-43(51)49-31-13-12-24-42(45(53)48-11)50-44(52)33-37(4)21-15-19-35(2)26-28-41-39(6)23-17-30-47(41,9)10/h14-15,18-21,25-28,32-33,42H,12-13,16-17,22-24,29-31H2,1-11H3,(H,48,53)(H,49,51)(H,50,52)/b20-14+,21-15+,27-25+,28-26+,34-18+,35-19+,36-32+,37-33+/t42-/m0/s1. The van der Waals surface area contributed by atoms with Crippen LogP contribution in [0.2, 0.25) is 0 Å². The summed E-state index contributed by atoms with van der Waals surface area (Å²) >= 11 is 0. The maximum Gasteiger partial charge on any atom is 0.244 e. The van der Waals surface area contributed by atoms with E-state index in [1.807, 2.05) is 44.2 Å². The van der Waals surface area contributed by atoms with Gasteiger partial charge < -0.3 is 16.0 Å². The molecular weight excluding hydrogens is 655 g/mol. The first-order chi connectivity index (χ1) is 24.9. The Bertz CT molecular complexity index is 1610. The van der Waals surface area contributed by atoms with E-state index in [0.717, 1.165) is 22.3 Å². The summed E-state index contributed by atoms with van der Waals surface area (Å²) in [6, 6.07) is -0.654. The highest BCUT2D eigenvalue weighted by molar-refractivity contribution is 5.93. The zero-order valence-electron chi connectivity index (χ0n) is 34.8. The van der Waals surface area contributed by atoms with Gasteiger partial charge in [0, 0.05) is 25.7 Å². The van der Waals surface area contributed by atoms with Crippen molar-refractivity contribution < 1.29 is 14.4 Å². The zero-order chi connectivity index (χ0) is 39.6. The van der Waals surface area contributed by atoms with Crippen LogP contribution in [0.15, 0.2) is 117 Å². The lowest BCUT2D eigenvalue weighted by molar-refractivity contribution is -0.127. The monoisotopic (exact) mass is 724 g/mol. The second-order valence-corrected chi connectivity index (χ2v) is 16.3. The Morgan fingerprint density at radius 1 is 0.679 bits per heavy atom. The third-order valence-corrected chi connectivity index (χ3v) is 10.4. The highest BCUT2D eigenvalue weighted by atomic mass is 16.2. The van der Waals surface area contributed by atoms with Gasteiger partial charge in [-0.15, -0.1) is 0 Å². The lowest BCUT2D eigenvalue weighted by Crippen LogP contribution is -2.45. The van der Waals surface area contributed by atoms with Gasteiger partial charge in [-0.05, 0) is 132 Å². The first kappa shape index (κ1) is 45.0. The summed E-state index contributed by atoms with van der Waals surface area (Å²) in [5, 5.41) is 8.41. The Hall–Kier alpha value is -4.19. The lowest BCUT2D eigenvalue weighted by Gasteiger charge is -2.33. The van der Waals surface area contributed by atoms with Gasteiger partial charge in [0.15, 0.2) is 0 Å². The molecule has 0 aromatic heterocycles. The number of carbonyl (C=O) groups is 3. The lowest BCUT2D eigenvalue weighted by atomic mass is 9.72. The fourth-order valence-electron chi connectivity index (χ4n) is 7.17. The van der Waals surface area contributed by atoms with Crippen LogP contribution in [0.3, 0.4) is 0 Å². The molecule has 2 aliphatic rings. The fourth-order valence-corrected chi connectivity index (χ4v) is 7.17. The van der Waals surface area contributed by atoms with Crippen LogP contribution >= 0.6 is 0 Å². The fraction of sp³-hybridized carbons (Fsp3) is 0.511. The van der Waals surface area contributed by atoms with Gasteiger partial charge in [-0.1, -0.05) is 111 Å². The summed E-state index contributed by atoms with van der Waals surface area (Å²) < 4.78 is 0. The summed E-state index contributed by atoms with van der Waals surface area (Å²) in [5.41, 5.74) is 10.2. The summed E-state index contributed by atoms with van der Waals surface area (Å²) in [7, 11) is 1.56. The van der Waals surface area contributed by atoms with Crippen molar-refractivity contribution in [1.82, 2.24) is 16.0 Å². The van der Waals surface area contributed by atoms with E-state index in [0.29, 0.717) is 25.8 Å². The molecule has 0 aliphatic heterocycles. The van der Waals surface area contributed by atoms with Crippen LogP contribution in [0, 0.1) is 10.8 Å². The summed E-state index contributed by atoms with van der Waals surface area (Å²) in [5.74, 6) is -0.704. The Morgan fingerprint density at radius 2 is 1.15 bits per heavy atom.